The summed E-state index contributed by atoms with van der Waals surface area (Å²) in [6.45, 7) is 4.55. The molecule has 2 aliphatic heterocycles. The van der Waals surface area contributed by atoms with Gasteiger partial charge in [-0.15, -0.1) is 0 Å². The first-order valence-electron chi connectivity index (χ1n) is 4.91. The molecule has 1 atom stereocenters. The van der Waals surface area contributed by atoms with Crippen LogP contribution in [0.25, 0.3) is 0 Å². The van der Waals surface area contributed by atoms with Crippen molar-refractivity contribution in [2.45, 2.75) is 50.7 Å². The van der Waals surface area contributed by atoms with Crippen LogP contribution in [0.3, 0.4) is 0 Å². The Kier molecular flexibility index (Phi) is 1.74. The fraction of sp³-hybridized carbons (Fsp3) is 1.00. The molecule has 2 heteroatoms. The van der Waals surface area contributed by atoms with Crippen LogP contribution in [0.4, 0.5) is 0 Å². The van der Waals surface area contributed by atoms with Crippen molar-refractivity contribution in [2.75, 3.05) is 6.61 Å². The predicted octanol–water partition coefficient (Wildman–Crippen LogP) is 1.72. The van der Waals surface area contributed by atoms with E-state index in [9.17, 15) is 0 Å². The van der Waals surface area contributed by atoms with Crippen LogP contribution in [0.1, 0.15) is 39.5 Å². The number of rotatable bonds is 2. The van der Waals surface area contributed by atoms with Gasteiger partial charge in [0.05, 0.1) is 11.2 Å². The largest absolute Gasteiger partial charge is 0.396 e. The molecule has 0 aliphatic carbocycles. The molecule has 1 N–H and O–H groups in total. The van der Waals surface area contributed by atoms with Gasteiger partial charge >= 0.3 is 0 Å². The van der Waals surface area contributed by atoms with Gasteiger partial charge in [-0.05, 0) is 32.6 Å². The number of hydrogen-bond donors (Lipinski definition) is 1. The van der Waals surface area contributed by atoms with Crippen molar-refractivity contribution in [2.24, 2.45) is 5.92 Å². The molecule has 2 fully saturated rings. The third-order valence-corrected chi connectivity index (χ3v) is 3.78. The van der Waals surface area contributed by atoms with Gasteiger partial charge in [-0.25, -0.2) is 0 Å². The van der Waals surface area contributed by atoms with Crippen LogP contribution in [0.5, 0.6) is 0 Å². The third-order valence-electron chi connectivity index (χ3n) is 3.78. The van der Waals surface area contributed by atoms with Gasteiger partial charge in [0.25, 0.3) is 0 Å². The highest BCUT2D eigenvalue weighted by molar-refractivity contribution is 5.04. The van der Waals surface area contributed by atoms with Crippen molar-refractivity contribution in [1.29, 1.82) is 0 Å². The zero-order chi connectivity index (χ0) is 8.82. The SMILES string of the molecule is CC(CO)C12CCC(C)(CC1)O2. The molecule has 1 unspecified atom stereocenters. The maximum atomic E-state index is 9.11. The number of fused-ring (bicyclic) bond motifs is 2. The fourth-order valence-corrected chi connectivity index (χ4v) is 2.66. The molecule has 0 spiro atoms. The van der Waals surface area contributed by atoms with Gasteiger partial charge in [0.15, 0.2) is 0 Å². The molecule has 2 heterocycles. The van der Waals surface area contributed by atoms with Crippen LogP contribution in [-0.2, 0) is 4.74 Å². The van der Waals surface area contributed by atoms with Crippen LogP contribution in [0.15, 0.2) is 0 Å². The lowest BCUT2D eigenvalue weighted by Crippen LogP contribution is -2.35. The molecule has 0 amide bonds. The highest BCUT2D eigenvalue weighted by atomic mass is 16.5. The molecule has 2 bridgehead atoms. The second kappa shape index (κ2) is 2.46. The van der Waals surface area contributed by atoms with Gasteiger partial charge in [0, 0.05) is 12.5 Å². The quantitative estimate of drug-likeness (QED) is 0.683. The van der Waals surface area contributed by atoms with Gasteiger partial charge in [-0.2, -0.15) is 0 Å². The lowest BCUT2D eigenvalue weighted by molar-refractivity contribution is -0.0777. The Labute approximate surface area is 73.9 Å². The summed E-state index contributed by atoms with van der Waals surface area (Å²) in [6.07, 6.45) is 4.64. The normalized spacial score (nSPS) is 48.2. The van der Waals surface area contributed by atoms with E-state index in [0.717, 1.165) is 12.8 Å². The van der Waals surface area contributed by atoms with Crippen molar-refractivity contribution in [3.63, 3.8) is 0 Å². The first kappa shape index (κ1) is 8.52. The first-order chi connectivity index (χ1) is 5.60. The summed E-state index contributed by atoms with van der Waals surface area (Å²) < 4.78 is 6.04. The van der Waals surface area contributed by atoms with E-state index in [1.165, 1.54) is 12.8 Å². The lowest BCUT2D eigenvalue weighted by Gasteiger charge is -2.30. The summed E-state index contributed by atoms with van der Waals surface area (Å²) in [7, 11) is 0. The number of aliphatic hydroxyl groups is 1. The summed E-state index contributed by atoms with van der Waals surface area (Å²) in [5, 5.41) is 9.11. The Balaban J connectivity index is 2.15. The highest BCUT2D eigenvalue weighted by Crippen LogP contribution is 2.53. The second-order valence-corrected chi connectivity index (χ2v) is 4.70. The zero-order valence-corrected chi connectivity index (χ0v) is 7.97. The maximum Gasteiger partial charge on any atom is 0.0739 e. The van der Waals surface area contributed by atoms with Gasteiger partial charge in [0.2, 0.25) is 0 Å². The van der Waals surface area contributed by atoms with Crippen LogP contribution in [0.2, 0.25) is 0 Å². The maximum absolute atomic E-state index is 9.11. The topological polar surface area (TPSA) is 29.5 Å². The van der Waals surface area contributed by atoms with Crippen molar-refractivity contribution < 1.29 is 9.84 Å². The molecular formula is C10H18O2. The standard InChI is InChI=1S/C10H18O2/c1-8(7-11)10-5-3-9(2,12-10)4-6-10/h8,11H,3-7H2,1-2H3. The Morgan fingerprint density at radius 1 is 1.33 bits per heavy atom. The minimum atomic E-state index is 0.0312. The van der Waals surface area contributed by atoms with Gasteiger partial charge in [-0.3, -0.25) is 0 Å². The molecule has 70 valence electrons. The van der Waals surface area contributed by atoms with Crippen molar-refractivity contribution in [3.8, 4) is 0 Å². The van der Waals surface area contributed by atoms with Crippen LogP contribution in [-0.4, -0.2) is 22.9 Å². The van der Waals surface area contributed by atoms with Crippen molar-refractivity contribution in [1.82, 2.24) is 0 Å². The molecule has 2 rings (SSSR count). The average molecular weight is 170 g/mol. The summed E-state index contributed by atoms with van der Waals surface area (Å²) in [5.74, 6) is 0.307. The minimum Gasteiger partial charge on any atom is -0.396 e. The molecule has 0 aromatic carbocycles. The molecule has 2 saturated heterocycles. The van der Waals surface area contributed by atoms with E-state index in [2.05, 4.69) is 13.8 Å². The predicted molar refractivity (Wildman–Crippen MR) is 46.9 cm³/mol. The molecule has 0 aromatic heterocycles. The Bertz CT molecular complexity index is 180. The Morgan fingerprint density at radius 3 is 2.25 bits per heavy atom. The number of hydrogen-bond acceptors (Lipinski definition) is 2. The summed E-state index contributed by atoms with van der Waals surface area (Å²) in [4.78, 5) is 0. The van der Waals surface area contributed by atoms with Crippen molar-refractivity contribution >= 4 is 0 Å². The number of aliphatic hydroxyl groups excluding tert-OH is 1. The van der Waals surface area contributed by atoms with E-state index in [-0.39, 0.29) is 17.8 Å². The monoisotopic (exact) mass is 170 g/mol. The van der Waals surface area contributed by atoms with Crippen LogP contribution < -0.4 is 0 Å². The summed E-state index contributed by atoms with van der Waals surface area (Å²) >= 11 is 0. The van der Waals surface area contributed by atoms with Crippen LogP contribution in [0, 0.1) is 5.92 Å². The van der Waals surface area contributed by atoms with Gasteiger partial charge in [0.1, 0.15) is 0 Å². The fourth-order valence-electron chi connectivity index (χ4n) is 2.66. The Morgan fingerprint density at radius 2 is 1.92 bits per heavy atom. The second-order valence-electron chi connectivity index (χ2n) is 4.70. The number of ether oxygens (including phenoxy) is 1. The van der Waals surface area contributed by atoms with E-state index in [1.807, 2.05) is 0 Å². The minimum absolute atomic E-state index is 0.0312. The molecule has 0 radical (unpaired) electrons. The molecule has 12 heavy (non-hydrogen) atoms. The van der Waals surface area contributed by atoms with E-state index in [4.69, 9.17) is 9.84 Å². The van der Waals surface area contributed by atoms with E-state index >= 15 is 0 Å². The van der Waals surface area contributed by atoms with Gasteiger partial charge < -0.3 is 9.84 Å². The lowest BCUT2D eigenvalue weighted by atomic mass is 9.77. The molecule has 2 aliphatic rings. The third kappa shape index (κ3) is 1.01. The average Bonchev–Trinajstić information content (AvgIpc) is 2.57. The van der Waals surface area contributed by atoms with Crippen molar-refractivity contribution in [3.05, 3.63) is 0 Å². The van der Waals surface area contributed by atoms with Gasteiger partial charge in [-0.1, -0.05) is 6.92 Å². The smallest absolute Gasteiger partial charge is 0.0739 e. The van der Waals surface area contributed by atoms with E-state index in [1.54, 1.807) is 0 Å². The molecule has 0 saturated carbocycles. The van der Waals surface area contributed by atoms with Crippen LogP contribution >= 0.6 is 0 Å². The first-order valence-corrected chi connectivity index (χ1v) is 4.91. The zero-order valence-electron chi connectivity index (χ0n) is 7.97. The highest BCUT2D eigenvalue weighted by Gasteiger charge is 2.55. The Hall–Kier alpha value is -0.0800. The molecule has 2 nitrogen and oxygen atoms in total. The van der Waals surface area contributed by atoms with E-state index in [0.29, 0.717) is 5.92 Å². The molecular weight excluding hydrogens is 152 g/mol. The van der Waals surface area contributed by atoms with E-state index < -0.39 is 0 Å². The summed E-state index contributed by atoms with van der Waals surface area (Å²) in [5.41, 5.74) is 0.174. The summed E-state index contributed by atoms with van der Waals surface area (Å²) in [6, 6.07) is 0. The molecule has 0 aromatic rings.